The summed E-state index contributed by atoms with van der Waals surface area (Å²) in [5.74, 6) is 0.475. The van der Waals surface area contributed by atoms with Gasteiger partial charge in [-0.1, -0.05) is 30.3 Å². The summed E-state index contributed by atoms with van der Waals surface area (Å²) in [6.07, 6.45) is 3.55. The number of hydrogen-bond donors (Lipinski definition) is 1. The highest BCUT2D eigenvalue weighted by atomic mass is 32.1. The summed E-state index contributed by atoms with van der Waals surface area (Å²) in [5, 5.41) is 3.66. The molecule has 4 rings (SSSR count). The van der Waals surface area contributed by atoms with Crippen LogP contribution in [0.5, 0.6) is 11.5 Å². The van der Waals surface area contributed by atoms with Gasteiger partial charge in [0.25, 0.3) is 11.8 Å². The first-order valence-corrected chi connectivity index (χ1v) is 10.7. The van der Waals surface area contributed by atoms with Gasteiger partial charge in [-0.05, 0) is 43.4 Å². The number of para-hydroxylation sites is 3. The van der Waals surface area contributed by atoms with Gasteiger partial charge in [0, 0.05) is 29.2 Å². The molecule has 2 heterocycles. The topological polar surface area (TPSA) is 72.8 Å². The minimum Gasteiger partial charge on any atom is -0.493 e. The SMILES string of the molecule is CCN1C(=O)C(=Cc2cn(CCOc3ccccc3OC)c3ccccc23)C(=O)NC1=S. The Balaban J connectivity index is 1.62. The molecule has 0 unspecified atom stereocenters. The molecule has 0 bridgehead atoms. The van der Waals surface area contributed by atoms with Crippen molar-refractivity contribution in [2.45, 2.75) is 13.5 Å². The smallest absolute Gasteiger partial charge is 0.265 e. The van der Waals surface area contributed by atoms with Crippen LogP contribution in [0.15, 0.2) is 60.3 Å². The van der Waals surface area contributed by atoms with Crippen LogP contribution < -0.4 is 14.8 Å². The largest absolute Gasteiger partial charge is 0.493 e. The third-order valence-electron chi connectivity index (χ3n) is 5.28. The van der Waals surface area contributed by atoms with Crippen LogP contribution in [0.25, 0.3) is 17.0 Å². The Hall–Kier alpha value is -3.65. The Kier molecular flexibility index (Phi) is 6.23. The second-order valence-electron chi connectivity index (χ2n) is 7.16. The first kappa shape index (κ1) is 21.6. The first-order valence-electron chi connectivity index (χ1n) is 10.3. The highest BCUT2D eigenvalue weighted by molar-refractivity contribution is 7.80. The summed E-state index contributed by atoms with van der Waals surface area (Å²) >= 11 is 5.10. The van der Waals surface area contributed by atoms with Crippen molar-refractivity contribution in [1.82, 2.24) is 14.8 Å². The van der Waals surface area contributed by atoms with Crippen molar-refractivity contribution in [3.05, 3.63) is 65.9 Å². The second kappa shape index (κ2) is 9.23. The molecular formula is C24H23N3O4S. The predicted octanol–water partition coefficient (Wildman–Crippen LogP) is 3.38. The van der Waals surface area contributed by atoms with Gasteiger partial charge < -0.3 is 14.0 Å². The summed E-state index contributed by atoms with van der Waals surface area (Å²) < 4.78 is 13.3. The molecule has 7 nitrogen and oxygen atoms in total. The van der Waals surface area contributed by atoms with Crippen molar-refractivity contribution in [2.75, 3.05) is 20.3 Å². The molecule has 3 aromatic rings. The van der Waals surface area contributed by atoms with Gasteiger partial charge in [0.2, 0.25) is 0 Å². The van der Waals surface area contributed by atoms with Crippen molar-refractivity contribution in [1.29, 1.82) is 0 Å². The lowest BCUT2D eigenvalue weighted by Crippen LogP contribution is -2.53. The molecule has 0 atom stereocenters. The monoisotopic (exact) mass is 449 g/mol. The van der Waals surface area contributed by atoms with Crippen LogP contribution in [0.1, 0.15) is 12.5 Å². The number of carbonyl (C=O) groups is 2. The van der Waals surface area contributed by atoms with Crippen molar-refractivity contribution in [3.8, 4) is 11.5 Å². The number of carbonyl (C=O) groups excluding carboxylic acids is 2. The van der Waals surface area contributed by atoms with Gasteiger partial charge in [-0.15, -0.1) is 0 Å². The molecule has 0 radical (unpaired) electrons. The number of aromatic nitrogens is 1. The number of thiocarbonyl (C=S) groups is 1. The van der Waals surface area contributed by atoms with Gasteiger partial charge >= 0.3 is 0 Å². The fourth-order valence-electron chi connectivity index (χ4n) is 3.70. The quantitative estimate of drug-likeness (QED) is 0.340. The zero-order chi connectivity index (χ0) is 22.7. The molecule has 1 saturated heterocycles. The fraction of sp³-hybridized carbons (Fsp3) is 0.208. The van der Waals surface area contributed by atoms with Crippen LogP contribution >= 0.6 is 12.2 Å². The zero-order valence-corrected chi connectivity index (χ0v) is 18.6. The molecule has 164 valence electrons. The minimum atomic E-state index is -0.485. The van der Waals surface area contributed by atoms with Gasteiger partial charge in [-0.25, -0.2) is 0 Å². The van der Waals surface area contributed by atoms with Gasteiger partial charge in [0.1, 0.15) is 12.2 Å². The standard InChI is InChI=1S/C24H23N3O4S/c1-3-27-23(29)18(22(28)25-24(27)32)14-16-15-26(19-9-5-4-8-17(16)19)12-13-31-21-11-7-6-10-20(21)30-2/h4-11,14-15H,3,12-13H2,1-2H3,(H,25,28,32). The number of benzene rings is 2. The molecule has 1 aliphatic heterocycles. The highest BCUT2D eigenvalue weighted by Crippen LogP contribution is 2.27. The second-order valence-corrected chi connectivity index (χ2v) is 7.55. The number of fused-ring (bicyclic) bond motifs is 1. The number of methoxy groups -OCH3 is 1. The number of hydrogen-bond acceptors (Lipinski definition) is 5. The average molecular weight is 450 g/mol. The van der Waals surface area contributed by atoms with E-state index in [1.807, 2.05) is 66.2 Å². The van der Waals surface area contributed by atoms with Gasteiger partial charge in [0.15, 0.2) is 16.6 Å². The number of ether oxygens (including phenoxy) is 2. The fourth-order valence-corrected chi connectivity index (χ4v) is 4.01. The van der Waals surface area contributed by atoms with E-state index in [1.54, 1.807) is 13.2 Å². The van der Waals surface area contributed by atoms with Crippen molar-refractivity contribution < 1.29 is 19.1 Å². The molecule has 1 N–H and O–H groups in total. The van der Waals surface area contributed by atoms with E-state index in [9.17, 15) is 9.59 Å². The lowest BCUT2D eigenvalue weighted by Gasteiger charge is -2.27. The molecule has 32 heavy (non-hydrogen) atoms. The maximum atomic E-state index is 12.8. The molecule has 2 amide bonds. The van der Waals surface area contributed by atoms with E-state index in [1.165, 1.54) is 4.90 Å². The molecule has 2 aromatic carbocycles. The summed E-state index contributed by atoms with van der Waals surface area (Å²) in [6.45, 7) is 3.20. The number of rotatable bonds is 7. The number of amides is 2. The van der Waals surface area contributed by atoms with E-state index < -0.39 is 11.8 Å². The van der Waals surface area contributed by atoms with Crippen molar-refractivity contribution in [2.24, 2.45) is 0 Å². The molecule has 8 heteroatoms. The molecular weight excluding hydrogens is 426 g/mol. The molecule has 0 spiro atoms. The zero-order valence-electron chi connectivity index (χ0n) is 17.8. The Bertz CT molecular complexity index is 1230. The predicted molar refractivity (Wildman–Crippen MR) is 127 cm³/mol. The van der Waals surface area contributed by atoms with E-state index >= 15 is 0 Å². The van der Waals surface area contributed by atoms with Crippen LogP contribution in [0.3, 0.4) is 0 Å². The lowest BCUT2D eigenvalue weighted by atomic mass is 10.1. The number of nitrogens with one attached hydrogen (secondary N) is 1. The van der Waals surface area contributed by atoms with E-state index in [4.69, 9.17) is 21.7 Å². The molecule has 1 aliphatic rings. The van der Waals surface area contributed by atoms with Gasteiger partial charge in [0.05, 0.1) is 13.7 Å². The lowest BCUT2D eigenvalue weighted by molar-refractivity contribution is -0.128. The Labute approximate surface area is 191 Å². The molecule has 0 aliphatic carbocycles. The van der Waals surface area contributed by atoms with E-state index in [-0.39, 0.29) is 10.7 Å². The Morgan fingerprint density at radius 3 is 2.53 bits per heavy atom. The first-order chi connectivity index (χ1) is 15.5. The van der Waals surface area contributed by atoms with Crippen LogP contribution in [0.4, 0.5) is 0 Å². The van der Waals surface area contributed by atoms with Crippen molar-refractivity contribution >= 4 is 46.1 Å². The average Bonchev–Trinajstić information content (AvgIpc) is 3.14. The number of nitrogens with zero attached hydrogens (tertiary/aromatic N) is 2. The highest BCUT2D eigenvalue weighted by Gasteiger charge is 2.32. The maximum absolute atomic E-state index is 12.8. The Morgan fingerprint density at radius 2 is 1.78 bits per heavy atom. The van der Waals surface area contributed by atoms with Crippen LogP contribution in [-0.4, -0.2) is 46.7 Å². The van der Waals surface area contributed by atoms with Crippen LogP contribution in [-0.2, 0) is 16.1 Å². The summed E-state index contributed by atoms with van der Waals surface area (Å²) in [7, 11) is 1.61. The van der Waals surface area contributed by atoms with E-state index in [2.05, 4.69) is 5.32 Å². The summed E-state index contributed by atoms with van der Waals surface area (Å²) in [4.78, 5) is 26.6. The summed E-state index contributed by atoms with van der Waals surface area (Å²) in [5.41, 5.74) is 1.82. The molecule has 1 fully saturated rings. The number of likely N-dealkylation sites (N-methyl/N-ethyl adjacent to an activating group) is 1. The molecule has 1 aromatic heterocycles. The maximum Gasteiger partial charge on any atom is 0.265 e. The van der Waals surface area contributed by atoms with E-state index in [0.29, 0.717) is 31.2 Å². The van der Waals surface area contributed by atoms with Gasteiger partial charge in [-0.3, -0.25) is 19.8 Å². The minimum absolute atomic E-state index is 0.0635. The Morgan fingerprint density at radius 1 is 1.06 bits per heavy atom. The summed E-state index contributed by atoms with van der Waals surface area (Å²) in [6, 6.07) is 15.3. The van der Waals surface area contributed by atoms with Crippen LogP contribution in [0.2, 0.25) is 0 Å². The third-order valence-corrected chi connectivity index (χ3v) is 5.60. The van der Waals surface area contributed by atoms with Crippen LogP contribution in [0, 0.1) is 0 Å². The van der Waals surface area contributed by atoms with E-state index in [0.717, 1.165) is 16.5 Å². The normalized spacial score (nSPS) is 15.4. The van der Waals surface area contributed by atoms with Crippen molar-refractivity contribution in [3.63, 3.8) is 0 Å². The molecule has 0 saturated carbocycles. The third kappa shape index (κ3) is 4.09. The van der Waals surface area contributed by atoms with Gasteiger partial charge in [-0.2, -0.15) is 0 Å².